The van der Waals surface area contributed by atoms with Crippen LogP contribution in [-0.4, -0.2) is 31.1 Å². The highest BCUT2D eigenvalue weighted by Gasteiger charge is 2.01. The van der Waals surface area contributed by atoms with Gasteiger partial charge in [-0.25, -0.2) is 9.98 Å². The van der Waals surface area contributed by atoms with Crippen LogP contribution >= 0.6 is 11.3 Å². The molecule has 1 aromatic carbocycles. The number of aliphatic imine (C=N–C) groups is 1. The highest BCUT2D eigenvalue weighted by Crippen LogP contribution is 2.13. The highest BCUT2D eigenvalue weighted by atomic mass is 32.1. The molecule has 1 heterocycles. The predicted octanol–water partition coefficient (Wildman–Crippen LogP) is 3.54. The van der Waals surface area contributed by atoms with E-state index in [9.17, 15) is 0 Å². The predicted molar refractivity (Wildman–Crippen MR) is 106 cm³/mol. The smallest absolute Gasteiger partial charge is 0.191 e. The maximum Gasteiger partial charge on any atom is 0.191 e. The number of benzene rings is 1. The van der Waals surface area contributed by atoms with E-state index in [1.165, 1.54) is 5.01 Å². The third kappa shape index (κ3) is 7.13. The summed E-state index contributed by atoms with van der Waals surface area (Å²) in [4.78, 5) is 9.15. The number of rotatable bonds is 9. The summed E-state index contributed by atoms with van der Waals surface area (Å²) in [7, 11) is 1.68. The third-order valence-corrected chi connectivity index (χ3v) is 4.70. The second-order valence-corrected chi connectivity index (χ2v) is 6.76. The second kappa shape index (κ2) is 10.7. The van der Waals surface area contributed by atoms with Gasteiger partial charge >= 0.3 is 0 Å². The first-order chi connectivity index (χ1) is 12.2. The molecular weight excluding hydrogens is 332 g/mol. The van der Waals surface area contributed by atoms with Crippen LogP contribution in [0.3, 0.4) is 0 Å². The molecule has 0 atom stereocenters. The first-order valence-electron chi connectivity index (χ1n) is 8.77. The molecular formula is C19H28N4OS. The van der Waals surface area contributed by atoms with Gasteiger partial charge in [0.25, 0.3) is 0 Å². The van der Waals surface area contributed by atoms with Gasteiger partial charge in [-0.05, 0) is 50.8 Å². The fraction of sp³-hybridized carbons (Fsp3) is 0.474. The average molecular weight is 361 g/mol. The number of thiazole rings is 1. The zero-order valence-electron chi connectivity index (χ0n) is 15.3. The van der Waals surface area contributed by atoms with Gasteiger partial charge in [-0.15, -0.1) is 11.3 Å². The first-order valence-corrected chi connectivity index (χ1v) is 9.65. The van der Waals surface area contributed by atoms with Crippen molar-refractivity contribution >= 4 is 17.3 Å². The number of nitrogens with zero attached hydrogens (tertiary/aromatic N) is 2. The van der Waals surface area contributed by atoms with Crippen molar-refractivity contribution in [3.05, 3.63) is 45.9 Å². The first kappa shape index (κ1) is 19.2. The Kier molecular flexibility index (Phi) is 8.25. The van der Waals surface area contributed by atoms with Gasteiger partial charge in [0.15, 0.2) is 5.96 Å². The second-order valence-electron chi connectivity index (χ2n) is 5.81. The van der Waals surface area contributed by atoms with E-state index < -0.39 is 0 Å². The van der Waals surface area contributed by atoms with Crippen molar-refractivity contribution in [1.29, 1.82) is 0 Å². The molecule has 2 aromatic rings. The number of ether oxygens (including phenoxy) is 1. The maximum absolute atomic E-state index is 5.25. The SMILES string of the molecule is CCNC(=NCc1cccc(OC)c1)NCCCCc1nc(C)cs1. The molecule has 0 saturated carbocycles. The number of methoxy groups -OCH3 is 1. The van der Waals surface area contributed by atoms with Crippen LogP contribution in [0.15, 0.2) is 34.6 Å². The number of nitrogens with one attached hydrogen (secondary N) is 2. The minimum atomic E-state index is 0.630. The lowest BCUT2D eigenvalue weighted by molar-refractivity contribution is 0.414. The van der Waals surface area contributed by atoms with E-state index in [-0.39, 0.29) is 0 Å². The summed E-state index contributed by atoms with van der Waals surface area (Å²) in [6.07, 6.45) is 3.29. The molecule has 1 aromatic heterocycles. The van der Waals surface area contributed by atoms with Gasteiger partial charge in [0.2, 0.25) is 0 Å². The number of aromatic nitrogens is 1. The Morgan fingerprint density at radius 2 is 2.16 bits per heavy atom. The fourth-order valence-corrected chi connectivity index (χ4v) is 3.23. The lowest BCUT2D eigenvalue weighted by Crippen LogP contribution is -2.37. The van der Waals surface area contributed by atoms with Crippen LogP contribution in [0.1, 0.15) is 36.0 Å². The van der Waals surface area contributed by atoms with Crippen LogP contribution in [0.25, 0.3) is 0 Å². The molecule has 25 heavy (non-hydrogen) atoms. The average Bonchev–Trinajstić information content (AvgIpc) is 3.04. The van der Waals surface area contributed by atoms with E-state index in [1.807, 2.05) is 25.1 Å². The minimum Gasteiger partial charge on any atom is -0.497 e. The third-order valence-electron chi connectivity index (χ3n) is 3.67. The van der Waals surface area contributed by atoms with Gasteiger partial charge in [-0.2, -0.15) is 0 Å². The summed E-state index contributed by atoms with van der Waals surface area (Å²) >= 11 is 1.75. The monoisotopic (exact) mass is 360 g/mol. The molecule has 0 spiro atoms. The van der Waals surface area contributed by atoms with E-state index in [2.05, 4.69) is 39.0 Å². The molecule has 0 amide bonds. The molecule has 0 aliphatic heterocycles. The number of aryl methyl sites for hydroxylation is 2. The molecule has 0 aliphatic rings. The summed E-state index contributed by atoms with van der Waals surface area (Å²) in [5, 5.41) is 10.0. The van der Waals surface area contributed by atoms with E-state index in [4.69, 9.17) is 4.74 Å². The Morgan fingerprint density at radius 1 is 1.28 bits per heavy atom. The molecule has 0 radical (unpaired) electrons. The lowest BCUT2D eigenvalue weighted by atomic mass is 10.2. The molecule has 5 nitrogen and oxygen atoms in total. The molecule has 2 N–H and O–H groups in total. The van der Waals surface area contributed by atoms with Gasteiger partial charge in [0, 0.05) is 24.2 Å². The van der Waals surface area contributed by atoms with E-state index in [1.54, 1.807) is 18.4 Å². The number of unbranched alkanes of at least 4 members (excludes halogenated alkanes) is 1. The Bertz CT molecular complexity index is 669. The lowest BCUT2D eigenvalue weighted by Gasteiger charge is -2.11. The minimum absolute atomic E-state index is 0.630. The van der Waals surface area contributed by atoms with Crippen LogP contribution in [0.4, 0.5) is 0 Å². The zero-order chi connectivity index (χ0) is 17.9. The van der Waals surface area contributed by atoms with Crippen molar-refractivity contribution < 1.29 is 4.74 Å². The summed E-state index contributed by atoms with van der Waals surface area (Å²) in [6.45, 7) is 6.51. The van der Waals surface area contributed by atoms with Crippen LogP contribution in [0.2, 0.25) is 0 Å². The van der Waals surface area contributed by atoms with Crippen molar-refractivity contribution in [3.63, 3.8) is 0 Å². The van der Waals surface area contributed by atoms with Gasteiger partial charge < -0.3 is 15.4 Å². The van der Waals surface area contributed by atoms with Crippen LogP contribution < -0.4 is 15.4 Å². The van der Waals surface area contributed by atoms with Crippen molar-refractivity contribution in [1.82, 2.24) is 15.6 Å². The standard InChI is InChI=1S/C19H28N4OS/c1-4-20-19(22-13-16-8-7-9-17(12-16)24-3)21-11-6-5-10-18-23-15(2)14-25-18/h7-9,12,14H,4-6,10-11,13H2,1-3H3,(H2,20,21,22). The molecule has 136 valence electrons. The summed E-state index contributed by atoms with van der Waals surface area (Å²) in [6, 6.07) is 8.01. The fourth-order valence-electron chi connectivity index (χ4n) is 2.41. The molecule has 0 aliphatic carbocycles. The molecule has 0 fully saturated rings. The molecule has 0 bridgehead atoms. The van der Waals surface area contributed by atoms with E-state index in [0.717, 1.165) is 55.3 Å². The number of hydrogen-bond donors (Lipinski definition) is 2. The zero-order valence-corrected chi connectivity index (χ0v) is 16.2. The van der Waals surface area contributed by atoms with Crippen molar-refractivity contribution in [2.75, 3.05) is 20.2 Å². The summed E-state index contributed by atoms with van der Waals surface area (Å²) in [5.41, 5.74) is 2.26. The largest absolute Gasteiger partial charge is 0.497 e. The quantitative estimate of drug-likeness (QED) is 0.408. The molecule has 6 heteroatoms. The van der Waals surface area contributed by atoms with Crippen LogP contribution in [0.5, 0.6) is 5.75 Å². The van der Waals surface area contributed by atoms with Gasteiger partial charge in [-0.3, -0.25) is 0 Å². The Morgan fingerprint density at radius 3 is 2.88 bits per heavy atom. The highest BCUT2D eigenvalue weighted by molar-refractivity contribution is 7.09. The van der Waals surface area contributed by atoms with E-state index in [0.29, 0.717) is 6.54 Å². The maximum atomic E-state index is 5.25. The normalized spacial score (nSPS) is 11.4. The number of guanidine groups is 1. The number of hydrogen-bond acceptors (Lipinski definition) is 4. The van der Waals surface area contributed by atoms with Crippen molar-refractivity contribution in [2.24, 2.45) is 4.99 Å². The molecule has 0 unspecified atom stereocenters. The summed E-state index contributed by atoms with van der Waals surface area (Å²) < 4.78 is 5.25. The van der Waals surface area contributed by atoms with Crippen LogP contribution in [0, 0.1) is 6.92 Å². The summed E-state index contributed by atoms with van der Waals surface area (Å²) in [5.74, 6) is 1.72. The van der Waals surface area contributed by atoms with Gasteiger partial charge in [0.05, 0.1) is 18.7 Å². The Balaban J connectivity index is 1.75. The van der Waals surface area contributed by atoms with E-state index >= 15 is 0 Å². The van der Waals surface area contributed by atoms with Crippen molar-refractivity contribution in [3.8, 4) is 5.75 Å². The van der Waals surface area contributed by atoms with Gasteiger partial charge in [0.1, 0.15) is 5.75 Å². The van der Waals surface area contributed by atoms with Crippen LogP contribution in [-0.2, 0) is 13.0 Å². The van der Waals surface area contributed by atoms with Gasteiger partial charge in [-0.1, -0.05) is 12.1 Å². The molecule has 0 saturated heterocycles. The topological polar surface area (TPSA) is 58.5 Å². The Labute approximate surface area is 154 Å². The molecule has 2 rings (SSSR count). The Hall–Kier alpha value is -2.08. The van der Waals surface area contributed by atoms with Crippen molar-refractivity contribution in [2.45, 2.75) is 39.7 Å².